The molecule has 5 heteroatoms. The summed E-state index contributed by atoms with van der Waals surface area (Å²) in [6, 6.07) is 13.7. The topological polar surface area (TPSA) is 59.1 Å². The lowest BCUT2D eigenvalue weighted by Crippen LogP contribution is -2.14. The summed E-state index contributed by atoms with van der Waals surface area (Å²) in [5.74, 6) is -0.440. The molecule has 0 saturated heterocycles. The summed E-state index contributed by atoms with van der Waals surface area (Å²) in [6.07, 6.45) is -0.0982. The molecule has 0 atom stereocenters. The molecule has 0 spiro atoms. The summed E-state index contributed by atoms with van der Waals surface area (Å²) in [6.45, 7) is 3.47. The number of fused-ring (bicyclic) bond motifs is 1. The highest BCUT2D eigenvalue weighted by Crippen LogP contribution is 2.31. The molecule has 1 aromatic heterocycles. The zero-order chi connectivity index (χ0) is 16.4. The Bertz CT molecular complexity index is 882. The number of hydrogen-bond donors (Lipinski definition) is 1. The van der Waals surface area contributed by atoms with Gasteiger partial charge in [-0.05, 0) is 55.8 Å². The highest BCUT2D eigenvalue weighted by atomic mass is 32.1. The second-order valence-corrected chi connectivity index (χ2v) is 6.53. The maximum atomic E-state index is 11.6. The van der Waals surface area contributed by atoms with Gasteiger partial charge < -0.3 is 5.32 Å². The number of Topliss-reactive ketones (excluding diaryl/α,β-unsaturated/α-hetero) is 1. The Morgan fingerprint density at radius 3 is 2.57 bits per heavy atom. The molecule has 0 radical (unpaired) electrons. The summed E-state index contributed by atoms with van der Waals surface area (Å²) < 4.78 is 1.17. The Balaban J connectivity index is 1.80. The Morgan fingerprint density at radius 2 is 1.87 bits per heavy atom. The number of aromatic nitrogens is 1. The number of ketones is 1. The molecule has 116 valence electrons. The first-order valence-corrected chi connectivity index (χ1v) is 8.10. The average Bonchev–Trinajstić information content (AvgIpc) is 2.90. The van der Waals surface area contributed by atoms with Crippen LogP contribution in [0.3, 0.4) is 0 Å². The lowest BCUT2D eigenvalue weighted by Gasteiger charge is -2.04. The third-order valence-electron chi connectivity index (χ3n) is 3.37. The quantitative estimate of drug-likeness (QED) is 0.732. The van der Waals surface area contributed by atoms with E-state index >= 15 is 0 Å². The van der Waals surface area contributed by atoms with Crippen molar-refractivity contribution in [2.24, 2.45) is 0 Å². The van der Waals surface area contributed by atoms with Gasteiger partial charge in [-0.1, -0.05) is 6.07 Å². The van der Waals surface area contributed by atoms with Crippen molar-refractivity contribution in [1.82, 2.24) is 4.98 Å². The van der Waals surface area contributed by atoms with Crippen LogP contribution in [0, 0.1) is 6.92 Å². The molecule has 23 heavy (non-hydrogen) atoms. The average molecular weight is 324 g/mol. The molecule has 0 aliphatic carbocycles. The molecular formula is C18H16N2O2S. The smallest absolute Gasteiger partial charge is 0.231 e. The number of thiazole rings is 1. The summed E-state index contributed by atoms with van der Waals surface area (Å²) in [5.41, 5.74) is 3.90. The van der Waals surface area contributed by atoms with Gasteiger partial charge in [0.25, 0.3) is 0 Å². The second kappa shape index (κ2) is 6.30. The first kappa shape index (κ1) is 15.4. The van der Waals surface area contributed by atoms with Gasteiger partial charge in [0.2, 0.25) is 5.91 Å². The lowest BCUT2D eigenvalue weighted by atomic mass is 10.2. The molecular weight excluding hydrogens is 308 g/mol. The van der Waals surface area contributed by atoms with Gasteiger partial charge in [0.15, 0.2) is 0 Å². The van der Waals surface area contributed by atoms with Crippen LogP contribution in [0.15, 0.2) is 42.5 Å². The Labute approximate surface area is 138 Å². The van der Waals surface area contributed by atoms with Crippen LogP contribution >= 0.6 is 11.3 Å². The van der Waals surface area contributed by atoms with Crippen LogP contribution in [0.25, 0.3) is 20.8 Å². The number of hydrogen-bond acceptors (Lipinski definition) is 4. The minimum atomic E-state index is -0.291. The third kappa shape index (κ3) is 3.63. The van der Waals surface area contributed by atoms with Crippen molar-refractivity contribution in [1.29, 1.82) is 0 Å². The fraction of sp³-hybridized carbons (Fsp3) is 0.167. The number of benzene rings is 2. The van der Waals surface area contributed by atoms with E-state index < -0.39 is 0 Å². The van der Waals surface area contributed by atoms with E-state index in [0.29, 0.717) is 5.69 Å². The largest absolute Gasteiger partial charge is 0.326 e. The molecule has 2 aromatic carbocycles. The minimum absolute atomic E-state index is 0.0982. The fourth-order valence-electron chi connectivity index (χ4n) is 2.28. The first-order chi connectivity index (χ1) is 11.0. The van der Waals surface area contributed by atoms with Crippen LogP contribution in [0.5, 0.6) is 0 Å². The van der Waals surface area contributed by atoms with Gasteiger partial charge in [-0.2, -0.15) is 0 Å². The lowest BCUT2D eigenvalue weighted by molar-refractivity contribution is -0.124. The van der Waals surface area contributed by atoms with Gasteiger partial charge >= 0.3 is 0 Å². The summed E-state index contributed by atoms with van der Waals surface area (Å²) in [5, 5.41) is 3.66. The molecule has 3 rings (SSSR count). The molecule has 1 heterocycles. The van der Waals surface area contributed by atoms with Crippen molar-refractivity contribution in [2.45, 2.75) is 20.3 Å². The van der Waals surface area contributed by atoms with E-state index in [1.54, 1.807) is 11.3 Å². The molecule has 0 unspecified atom stereocenters. The fourth-order valence-corrected chi connectivity index (χ4v) is 3.35. The first-order valence-electron chi connectivity index (χ1n) is 7.28. The maximum absolute atomic E-state index is 11.6. The van der Waals surface area contributed by atoms with E-state index in [1.165, 1.54) is 17.2 Å². The molecule has 0 aliphatic heterocycles. The molecule has 4 nitrogen and oxygen atoms in total. The van der Waals surface area contributed by atoms with Gasteiger partial charge in [0.05, 0.1) is 16.6 Å². The van der Waals surface area contributed by atoms with Gasteiger partial charge in [0, 0.05) is 11.3 Å². The standard InChI is InChI=1S/C18H16N2O2S/c1-11-3-8-15-16(9-11)23-18(20-15)13-4-6-14(7-5-13)19-17(22)10-12(2)21/h3-9H,10H2,1-2H3,(H,19,22). The van der Waals surface area contributed by atoms with Crippen molar-refractivity contribution in [3.8, 4) is 10.6 Å². The molecule has 3 aromatic rings. The minimum Gasteiger partial charge on any atom is -0.326 e. The van der Waals surface area contributed by atoms with Crippen LogP contribution < -0.4 is 5.32 Å². The molecule has 1 N–H and O–H groups in total. The molecule has 1 amide bonds. The number of amides is 1. The molecule has 0 saturated carbocycles. The van der Waals surface area contributed by atoms with E-state index in [4.69, 9.17) is 0 Å². The van der Waals surface area contributed by atoms with Crippen LogP contribution in [0.1, 0.15) is 18.9 Å². The van der Waals surface area contributed by atoms with Crippen molar-refractivity contribution in [3.63, 3.8) is 0 Å². The molecule has 0 bridgehead atoms. The predicted molar refractivity (Wildman–Crippen MR) is 93.7 cm³/mol. The Kier molecular flexibility index (Phi) is 4.21. The number of carbonyl (C=O) groups is 2. The molecule has 0 fully saturated rings. The zero-order valence-corrected chi connectivity index (χ0v) is 13.7. The SMILES string of the molecule is CC(=O)CC(=O)Nc1ccc(-c2nc3ccc(C)cc3s2)cc1. The Morgan fingerprint density at radius 1 is 1.13 bits per heavy atom. The van der Waals surface area contributed by atoms with Gasteiger partial charge in [-0.3, -0.25) is 9.59 Å². The number of nitrogens with zero attached hydrogens (tertiary/aromatic N) is 1. The number of rotatable bonds is 4. The van der Waals surface area contributed by atoms with Crippen LogP contribution in [0.4, 0.5) is 5.69 Å². The second-order valence-electron chi connectivity index (χ2n) is 5.49. The number of aryl methyl sites for hydroxylation is 1. The van der Waals surface area contributed by atoms with E-state index in [1.807, 2.05) is 30.3 Å². The summed E-state index contributed by atoms with van der Waals surface area (Å²) in [4.78, 5) is 27.2. The summed E-state index contributed by atoms with van der Waals surface area (Å²) >= 11 is 1.65. The molecule has 0 aliphatic rings. The van der Waals surface area contributed by atoms with Crippen LogP contribution in [-0.4, -0.2) is 16.7 Å². The Hall–Kier alpha value is -2.53. The van der Waals surface area contributed by atoms with Crippen molar-refractivity contribution in [2.75, 3.05) is 5.32 Å². The van der Waals surface area contributed by atoms with Gasteiger partial charge in [0.1, 0.15) is 10.8 Å². The van der Waals surface area contributed by atoms with E-state index in [9.17, 15) is 9.59 Å². The normalized spacial score (nSPS) is 10.7. The number of nitrogens with one attached hydrogen (secondary N) is 1. The van der Waals surface area contributed by atoms with Crippen LogP contribution in [-0.2, 0) is 9.59 Å². The van der Waals surface area contributed by atoms with E-state index in [0.717, 1.165) is 16.1 Å². The van der Waals surface area contributed by atoms with Crippen LogP contribution in [0.2, 0.25) is 0 Å². The van der Waals surface area contributed by atoms with Gasteiger partial charge in [-0.15, -0.1) is 11.3 Å². The van der Waals surface area contributed by atoms with E-state index in [2.05, 4.69) is 29.4 Å². The van der Waals surface area contributed by atoms with Crippen molar-refractivity contribution in [3.05, 3.63) is 48.0 Å². The maximum Gasteiger partial charge on any atom is 0.231 e. The third-order valence-corrected chi connectivity index (χ3v) is 4.44. The zero-order valence-electron chi connectivity index (χ0n) is 12.9. The number of carbonyl (C=O) groups excluding carboxylic acids is 2. The predicted octanol–water partition coefficient (Wildman–Crippen LogP) is 4.19. The van der Waals surface area contributed by atoms with E-state index in [-0.39, 0.29) is 18.1 Å². The summed E-state index contributed by atoms with van der Waals surface area (Å²) in [7, 11) is 0. The van der Waals surface area contributed by atoms with Crippen molar-refractivity contribution < 1.29 is 9.59 Å². The van der Waals surface area contributed by atoms with Crippen molar-refractivity contribution >= 4 is 38.9 Å². The highest BCUT2D eigenvalue weighted by Gasteiger charge is 2.08. The highest BCUT2D eigenvalue weighted by molar-refractivity contribution is 7.21. The monoisotopic (exact) mass is 324 g/mol. The van der Waals surface area contributed by atoms with Gasteiger partial charge in [-0.25, -0.2) is 4.98 Å². The number of anilines is 1.